The zero-order valence-electron chi connectivity index (χ0n) is 24.3. The lowest BCUT2D eigenvalue weighted by atomic mass is 9.95. The minimum absolute atomic E-state index is 0.0775. The molecule has 45 heavy (non-hydrogen) atoms. The molecule has 5 aromatic rings. The molecule has 1 N–H and O–H groups in total. The molecule has 226 valence electrons. The van der Waals surface area contributed by atoms with E-state index < -0.39 is 6.04 Å². The standard InChI is InChI=1S/C35H27BrFN3O4S/c1-21-31(33(41)39-25-9-4-3-5-10-25)32(23-13-15-26(43-2)16-14-23)40-34(42)30(45-35(40)38-21)19-22-12-17-29(27(36)18-22)44-20-24-8-6-7-11-28(24)37/h3-19,32H,20H2,1-2H3,(H,39,41)/b30-19+/t32-/m0/s1. The van der Waals surface area contributed by atoms with Gasteiger partial charge in [0.2, 0.25) is 0 Å². The van der Waals surface area contributed by atoms with Crippen LogP contribution in [0.1, 0.15) is 29.7 Å². The van der Waals surface area contributed by atoms with Gasteiger partial charge in [-0.05, 0) is 82.5 Å². The molecule has 1 atom stereocenters. The average molecular weight is 685 g/mol. The van der Waals surface area contributed by atoms with Crippen LogP contribution in [0.2, 0.25) is 0 Å². The highest BCUT2D eigenvalue weighted by Gasteiger charge is 2.32. The fourth-order valence-electron chi connectivity index (χ4n) is 5.08. The van der Waals surface area contributed by atoms with E-state index >= 15 is 0 Å². The van der Waals surface area contributed by atoms with Gasteiger partial charge in [0.15, 0.2) is 4.80 Å². The van der Waals surface area contributed by atoms with Crippen LogP contribution in [0.15, 0.2) is 123 Å². The predicted molar refractivity (Wildman–Crippen MR) is 177 cm³/mol. The Morgan fingerprint density at radius 3 is 2.49 bits per heavy atom. The van der Waals surface area contributed by atoms with E-state index in [0.29, 0.717) is 47.8 Å². The highest BCUT2D eigenvalue weighted by Crippen LogP contribution is 2.32. The smallest absolute Gasteiger partial charge is 0.271 e. The van der Waals surface area contributed by atoms with Gasteiger partial charge in [-0.3, -0.25) is 14.2 Å². The second-order valence-corrected chi connectivity index (χ2v) is 12.1. The zero-order chi connectivity index (χ0) is 31.5. The minimum Gasteiger partial charge on any atom is -0.497 e. The molecule has 0 fully saturated rings. The molecule has 0 bridgehead atoms. The van der Waals surface area contributed by atoms with Gasteiger partial charge >= 0.3 is 0 Å². The number of thiazole rings is 1. The van der Waals surface area contributed by atoms with E-state index in [1.54, 1.807) is 73.2 Å². The Balaban J connectivity index is 1.37. The van der Waals surface area contributed by atoms with Crippen LogP contribution < -0.4 is 29.7 Å². The summed E-state index contributed by atoms with van der Waals surface area (Å²) in [5, 5.41) is 2.96. The zero-order valence-corrected chi connectivity index (χ0v) is 26.7. The second kappa shape index (κ2) is 13.1. The highest BCUT2D eigenvalue weighted by molar-refractivity contribution is 9.10. The van der Waals surface area contributed by atoms with Gasteiger partial charge < -0.3 is 14.8 Å². The maximum absolute atomic E-state index is 14.0. The predicted octanol–water partition coefficient (Wildman–Crippen LogP) is 6.36. The Hall–Kier alpha value is -4.80. The second-order valence-electron chi connectivity index (χ2n) is 10.2. The van der Waals surface area contributed by atoms with Gasteiger partial charge in [0.1, 0.15) is 23.9 Å². The van der Waals surface area contributed by atoms with E-state index in [1.807, 2.05) is 42.5 Å². The molecule has 4 aromatic carbocycles. The largest absolute Gasteiger partial charge is 0.497 e. The molecular weight excluding hydrogens is 657 g/mol. The summed E-state index contributed by atoms with van der Waals surface area (Å²) in [5.41, 5.74) is 3.22. The number of aromatic nitrogens is 1. The van der Waals surface area contributed by atoms with Crippen LogP contribution in [-0.4, -0.2) is 17.6 Å². The number of rotatable bonds is 8. The van der Waals surface area contributed by atoms with Gasteiger partial charge in [-0.2, -0.15) is 0 Å². The number of anilines is 1. The number of carbonyl (C=O) groups excluding carboxylic acids is 1. The van der Waals surface area contributed by atoms with Crippen molar-refractivity contribution < 1.29 is 18.7 Å². The third-order valence-corrected chi connectivity index (χ3v) is 8.93. The first-order valence-corrected chi connectivity index (χ1v) is 15.6. The van der Waals surface area contributed by atoms with Crippen LogP contribution in [0.25, 0.3) is 6.08 Å². The maximum Gasteiger partial charge on any atom is 0.271 e. The lowest BCUT2D eigenvalue weighted by Crippen LogP contribution is -2.40. The van der Waals surface area contributed by atoms with Crippen molar-refractivity contribution in [1.82, 2.24) is 4.57 Å². The van der Waals surface area contributed by atoms with Crippen molar-refractivity contribution in [2.75, 3.05) is 12.4 Å². The first-order chi connectivity index (χ1) is 21.8. The molecule has 0 radical (unpaired) electrons. The van der Waals surface area contributed by atoms with Crippen molar-refractivity contribution in [1.29, 1.82) is 0 Å². The van der Waals surface area contributed by atoms with Crippen molar-refractivity contribution >= 4 is 44.9 Å². The molecule has 10 heteroatoms. The summed E-state index contributed by atoms with van der Waals surface area (Å²) in [4.78, 5) is 33.0. The summed E-state index contributed by atoms with van der Waals surface area (Å²) in [5.74, 6) is 0.534. The number of hydrogen-bond donors (Lipinski definition) is 1. The monoisotopic (exact) mass is 683 g/mol. The Labute approximate surface area is 270 Å². The van der Waals surface area contributed by atoms with E-state index in [0.717, 1.165) is 11.1 Å². The number of amides is 1. The molecule has 0 aliphatic carbocycles. The molecule has 2 heterocycles. The number of nitrogens with one attached hydrogen (secondary N) is 1. The van der Waals surface area contributed by atoms with Crippen molar-refractivity contribution in [2.45, 2.75) is 19.6 Å². The molecule has 1 aromatic heterocycles. The van der Waals surface area contributed by atoms with E-state index in [2.05, 4.69) is 21.2 Å². The molecule has 0 unspecified atom stereocenters. The molecule has 7 nitrogen and oxygen atoms in total. The van der Waals surface area contributed by atoms with Crippen LogP contribution in [-0.2, 0) is 11.4 Å². The Bertz CT molecular complexity index is 2110. The summed E-state index contributed by atoms with van der Waals surface area (Å²) in [6, 6.07) is 27.7. The Morgan fingerprint density at radius 2 is 1.78 bits per heavy atom. The average Bonchev–Trinajstić information content (AvgIpc) is 3.34. The van der Waals surface area contributed by atoms with Crippen molar-refractivity contribution in [3.63, 3.8) is 0 Å². The van der Waals surface area contributed by atoms with E-state index in [1.165, 1.54) is 17.4 Å². The van der Waals surface area contributed by atoms with Gasteiger partial charge in [-0.25, -0.2) is 9.38 Å². The first-order valence-electron chi connectivity index (χ1n) is 14.0. The van der Waals surface area contributed by atoms with Gasteiger partial charge in [0.05, 0.1) is 33.4 Å². The SMILES string of the molecule is COc1ccc([C@H]2C(C(=O)Nc3ccccc3)=C(C)N=c3s/c(=C/c4ccc(OCc5ccccc5F)c(Br)c4)c(=O)n32)cc1. The molecular formula is C35H27BrFN3O4S. The van der Waals surface area contributed by atoms with Crippen LogP contribution in [0.4, 0.5) is 10.1 Å². The summed E-state index contributed by atoms with van der Waals surface area (Å²) in [7, 11) is 1.58. The van der Waals surface area contributed by atoms with Crippen LogP contribution >= 0.6 is 27.3 Å². The third kappa shape index (κ3) is 6.38. The maximum atomic E-state index is 14.0. The molecule has 1 aliphatic heterocycles. The molecule has 0 saturated heterocycles. The number of benzene rings is 4. The molecule has 1 aliphatic rings. The van der Waals surface area contributed by atoms with Gasteiger partial charge in [-0.1, -0.05) is 65.9 Å². The molecule has 1 amide bonds. The number of nitrogens with zero attached hydrogens (tertiary/aromatic N) is 2. The first kappa shape index (κ1) is 30.2. The molecule has 6 rings (SSSR count). The number of para-hydroxylation sites is 1. The third-order valence-electron chi connectivity index (χ3n) is 7.32. The fraction of sp³-hybridized carbons (Fsp3) is 0.114. The lowest BCUT2D eigenvalue weighted by Gasteiger charge is -2.25. The van der Waals surface area contributed by atoms with Gasteiger partial charge in [-0.15, -0.1) is 0 Å². The number of allylic oxidation sites excluding steroid dienone is 1. The van der Waals surface area contributed by atoms with Crippen LogP contribution in [0, 0.1) is 5.82 Å². The van der Waals surface area contributed by atoms with Crippen molar-refractivity contribution in [2.24, 2.45) is 4.99 Å². The van der Waals surface area contributed by atoms with Gasteiger partial charge in [0.25, 0.3) is 11.5 Å². The topological polar surface area (TPSA) is 81.9 Å². The lowest BCUT2D eigenvalue weighted by molar-refractivity contribution is -0.113. The van der Waals surface area contributed by atoms with Crippen LogP contribution in [0.3, 0.4) is 0 Å². The van der Waals surface area contributed by atoms with Gasteiger partial charge in [0, 0.05) is 11.3 Å². The Morgan fingerprint density at radius 1 is 1.04 bits per heavy atom. The van der Waals surface area contributed by atoms with E-state index in [4.69, 9.17) is 14.5 Å². The highest BCUT2D eigenvalue weighted by atomic mass is 79.9. The number of fused-ring (bicyclic) bond motifs is 1. The molecule has 0 spiro atoms. The number of ether oxygens (including phenoxy) is 2. The quantitative estimate of drug-likeness (QED) is 0.206. The van der Waals surface area contributed by atoms with Crippen molar-refractivity contribution in [3.05, 3.63) is 155 Å². The summed E-state index contributed by atoms with van der Waals surface area (Å²) in [6.45, 7) is 1.86. The summed E-state index contributed by atoms with van der Waals surface area (Å²) in [6.07, 6.45) is 1.78. The summed E-state index contributed by atoms with van der Waals surface area (Å²) >= 11 is 4.79. The van der Waals surface area contributed by atoms with E-state index in [9.17, 15) is 14.0 Å². The number of methoxy groups -OCH3 is 1. The van der Waals surface area contributed by atoms with Crippen LogP contribution in [0.5, 0.6) is 11.5 Å². The Kier molecular flexibility index (Phi) is 8.77. The van der Waals surface area contributed by atoms with E-state index in [-0.39, 0.29) is 23.9 Å². The summed E-state index contributed by atoms with van der Waals surface area (Å²) < 4.78 is 27.9. The number of hydrogen-bond acceptors (Lipinski definition) is 6. The molecule has 0 saturated carbocycles. The fourth-order valence-corrected chi connectivity index (χ4v) is 6.64. The number of halogens is 2. The number of carbonyl (C=O) groups is 1. The normalized spacial score (nSPS) is 14.5. The minimum atomic E-state index is -0.709. The van der Waals surface area contributed by atoms with Crippen molar-refractivity contribution in [3.8, 4) is 11.5 Å².